The molecule has 0 radical (unpaired) electrons. The molecule has 1 heterocycles. The highest BCUT2D eigenvalue weighted by molar-refractivity contribution is 7.94. The van der Waals surface area contributed by atoms with Crippen LogP contribution in [0.1, 0.15) is 73.9 Å². The van der Waals surface area contributed by atoms with E-state index in [1.54, 1.807) is 6.07 Å². The van der Waals surface area contributed by atoms with Gasteiger partial charge in [0.25, 0.3) is 0 Å². The Labute approximate surface area is 174 Å². The topological polar surface area (TPSA) is 84.3 Å². The van der Waals surface area contributed by atoms with Crippen molar-refractivity contribution in [3.05, 3.63) is 45.7 Å². The minimum absolute atomic E-state index is 0.0771. The van der Waals surface area contributed by atoms with Crippen LogP contribution in [0.15, 0.2) is 22.7 Å². The number of hydrogen-bond acceptors (Lipinski definition) is 6. The van der Waals surface area contributed by atoms with Crippen LogP contribution < -0.4 is 0 Å². The van der Waals surface area contributed by atoms with E-state index in [0.29, 0.717) is 28.8 Å². The van der Waals surface area contributed by atoms with Gasteiger partial charge in [-0.25, -0.2) is 17.8 Å². The Morgan fingerprint density at radius 1 is 1.24 bits per heavy atom. The second-order valence-electron chi connectivity index (χ2n) is 8.33. The number of aliphatic hydroxyl groups is 1. The Morgan fingerprint density at radius 2 is 1.90 bits per heavy atom. The van der Waals surface area contributed by atoms with Gasteiger partial charge in [-0.2, -0.15) is 0 Å². The summed E-state index contributed by atoms with van der Waals surface area (Å²) < 4.78 is 39.6. The maximum Gasteiger partial charge on any atom is 0.212 e. The number of nitrogens with zero attached hydrogens (tertiary/aromatic N) is 1. The average Bonchev–Trinajstić information content (AvgIpc) is 3.14. The molecule has 0 amide bonds. The van der Waals surface area contributed by atoms with Crippen LogP contribution in [-0.4, -0.2) is 30.0 Å². The number of aromatic nitrogens is 1. The maximum absolute atomic E-state index is 14.5. The van der Waals surface area contributed by atoms with Crippen molar-refractivity contribution in [2.75, 3.05) is 5.75 Å². The molecule has 1 aliphatic rings. The minimum Gasteiger partial charge on any atom is -0.384 e. The molecular weight excluding hydrogens is 413 g/mol. The van der Waals surface area contributed by atoms with E-state index in [9.17, 15) is 22.7 Å². The number of Topliss-reactive ketones (excluding diaryl/α,β-unsaturated/α-hetero) is 1. The van der Waals surface area contributed by atoms with Crippen molar-refractivity contribution < 1.29 is 22.7 Å². The van der Waals surface area contributed by atoms with Crippen LogP contribution in [0.2, 0.25) is 0 Å². The van der Waals surface area contributed by atoms with Crippen molar-refractivity contribution in [3.63, 3.8) is 0 Å². The Morgan fingerprint density at radius 3 is 2.45 bits per heavy atom. The molecule has 0 bridgehead atoms. The Balaban J connectivity index is 1.85. The fourth-order valence-electron chi connectivity index (χ4n) is 3.52. The van der Waals surface area contributed by atoms with Crippen molar-refractivity contribution in [2.45, 2.75) is 68.7 Å². The molecule has 8 heteroatoms. The first-order valence-corrected chi connectivity index (χ1v) is 12.2. The molecule has 1 saturated carbocycles. The van der Waals surface area contributed by atoms with E-state index < -0.39 is 27.0 Å². The Bertz CT molecular complexity index is 1040. The zero-order valence-electron chi connectivity index (χ0n) is 17.0. The summed E-state index contributed by atoms with van der Waals surface area (Å²) in [4.78, 5) is 17.1. The van der Waals surface area contributed by atoms with Gasteiger partial charge >= 0.3 is 0 Å². The third kappa shape index (κ3) is 4.59. The van der Waals surface area contributed by atoms with E-state index in [-0.39, 0.29) is 28.4 Å². The number of hydrogen-bond donors (Lipinski definition) is 1. The first kappa shape index (κ1) is 22.1. The normalized spacial score (nSPS) is 15.9. The van der Waals surface area contributed by atoms with Crippen LogP contribution in [0.4, 0.5) is 4.39 Å². The molecule has 0 saturated heterocycles. The van der Waals surface area contributed by atoms with E-state index in [0.717, 1.165) is 16.9 Å². The second-order valence-corrected chi connectivity index (χ2v) is 11.5. The lowest BCUT2D eigenvalue weighted by Gasteiger charge is -2.20. The number of thiazole rings is 1. The monoisotopic (exact) mass is 439 g/mol. The van der Waals surface area contributed by atoms with E-state index in [1.165, 1.54) is 12.3 Å². The highest BCUT2D eigenvalue weighted by Crippen LogP contribution is 2.47. The predicted molar refractivity (Wildman–Crippen MR) is 111 cm³/mol. The molecule has 1 fully saturated rings. The summed E-state index contributed by atoms with van der Waals surface area (Å²) in [6.07, 6.45) is 2.40. The van der Waals surface area contributed by atoms with E-state index in [4.69, 9.17) is 0 Å². The highest BCUT2D eigenvalue weighted by Gasteiger charge is 2.44. The van der Waals surface area contributed by atoms with Crippen molar-refractivity contribution in [3.8, 4) is 0 Å². The molecule has 0 aliphatic heterocycles. The fraction of sp³-hybridized carbons (Fsp3) is 0.524. The first-order valence-electron chi connectivity index (χ1n) is 9.69. The molecule has 1 aromatic carbocycles. The number of carbonyl (C=O) groups excluding carboxylic acids is 1. The first-order chi connectivity index (χ1) is 13.4. The highest BCUT2D eigenvalue weighted by atomic mass is 32.2. The lowest BCUT2D eigenvalue weighted by molar-refractivity contribution is -0.116. The van der Waals surface area contributed by atoms with Crippen LogP contribution in [0.25, 0.3) is 0 Å². The van der Waals surface area contributed by atoms with E-state index in [2.05, 4.69) is 4.98 Å². The van der Waals surface area contributed by atoms with E-state index in [1.807, 2.05) is 27.7 Å². The molecule has 0 unspecified atom stereocenters. The summed E-state index contributed by atoms with van der Waals surface area (Å²) in [5.74, 6) is -1.62. The summed E-state index contributed by atoms with van der Waals surface area (Å²) in [6, 6.07) is 3.08. The van der Waals surface area contributed by atoms with Gasteiger partial charge in [0.15, 0.2) is 5.78 Å². The van der Waals surface area contributed by atoms with Gasteiger partial charge in [0, 0.05) is 12.6 Å². The fourth-order valence-corrected chi connectivity index (χ4v) is 6.13. The summed E-state index contributed by atoms with van der Waals surface area (Å²) >= 11 is 0.915. The molecule has 1 N–H and O–H groups in total. The molecule has 29 heavy (non-hydrogen) atoms. The second kappa shape index (κ2) is 7.89. The molecule has 0 spiro atoms. The van der Waals surface area contributed by atoms with Crippen molar-refractivity contribution in [1.82, 2.24) is 4.98 Å². The zero-order valence-corrected chi connectivity index (χ0v) is 18.7. The van der Waals surface area contributed by atoms with Gasteiger partial charge in [-0.3, -0.25) is 4.79 Å². The van der Waals surface area contributed by atoms with Crippen LogP contribution in [0.5, 0.6) is 0 Å². The van der Waals surface area contributed by atoms with Crippen LogP contribution >= 0.6 is 11.3 Å². The molecule has 3 rings (SSSR count). The van der Waals surface area contributed by atoms with Gasteiger partial charge < -0.3 is 5.11 Å². The van der Waals surface area contributed by atoms with E-state index >= 15 is 0 Å². The number of halogens is 1. The predicted octanol–water partition coefficient (Wildman–Crippen LogP) is 4.10. The summed E-state index contributed by atoms with van der Waals surface area (Å²) in [6.45, 7) is 7.63. The molecule has 0 atom stereocenters. The quantitative estimate of drug-likeness (QED) is 0.670. The standard InChI is InChI=1S/C21H26FNO4S2/c1-12(2)15-5-6-17(22)19(13(3)4)16(15)9-14(24)11-29(26,27)20-23-10-18(28-20)21(25)7-8-21/h5-6,10,12-13,25H,7-9,11H2,1-4H3. The molecule has 2 aromatic rings. The number of rotatable bonds is 8. The summed E-state index contributed by atoms with van der Waals surface area (Å²) in [5, 5.41) is 10.1. The number of carbonyl (C=O) groups is 1. The van der Waals surface area contributed by atoms with Gasteiger partial charge in [-0.1, -0.05) is 33.8 Å². The maximum atomic E-state index is 14.5. The molecule has 1 aliphatic carbocycles. The SMILES string of the molecule is CC(C)c1ccc(F)c(C(C)C)c1CC(=O)CS(=O)(=O)c1ncc(C2(O)CC2)s1. The summed E-state index contributed by atoms with van der Waals surface area (Å²) in [7, 11) is -3.91. The third-order valence-electron chi connectivity index (χ3n) is 5.20. The van der Waals surface area contributed by atoms with Crippen LogP contribution in [-0.2, 0) is 26.7 Å². The molecule has 5 nitrogen and oxygen atoms in total. The Hall–Kier alpha value is -1.64. The van der Waals surface area contributed by atoms with Gasteiger partial charge in [0.05, 0.1) is 4.88 Å². The van der Waals surface area contributed by atoms with Gasteiger partial charge in [0.2, 0.25) is 14.2 Å². The third-order valence-corrected chi connectivity index (χ3v) is 8.53. The van der Waals surface area contributed by atoms with Crippen molar-refractivity contribution >= 4 is 27.0 Å². The van der Waals surface area contributed by atoms with Gasteiger partial charge in [-0.15, -0.1) is 11.3 Å². The molecule has 1 aromatic heterocycles. The Kier molecular flexibility index (Phi) is 6.00. The summed E-state index contributed by atoms with van der Waals surface area (Å²) in [5.41, 5.74) is 0.945. The largest absolute Gasteiger partial charge is 0.384 e. The van der Waals surface area contributed by atoms with Crippen LogP contribution in [0.3, 0.4) is 0 Å². The van der Waals surface area contributed by atoms with Gasteiger partial charge in [0.1, 0.15) is 17.2 Å². The van der Waals surface area contributed by atoms with Crippen LogP contribution in [0, 0.1) is 5.82 Å². The lowest BCUT2D eigenvalue weighted by Crippen LogP contribution is -2.20. The average molecular weight is 440 g/mol. The number of ketones is 1. The zero-order chi connectivity index (χ0) is 21.6. The van der Waals surface area contributed by atoms with Gasteiger partial charge in [-0.05, 0) is 47.4 Å². The number of benzene rings is 1. The minimum atomic E-state index is -3.91. The van der Waals surface area contributed by atoms with Crippen molar-refractivity contribution in [1.29, 1.82) is 0 Å². The molecular formula is C21H26FNO4S2. The molecule has 158 valence electrons. The smallest absolute Gasteiger partial charge is 0.212 e. The lowest BCUT2D eigenvalue weighted by atomic mass is 9.86. The number of sulfone groups is 1. The van der Waals surface area contributed by atoms with Crippen molar-refractivity contribution in [2.24, 2.45) is 0 Å².